The van der Waals surface area contributed by atoms with Crippen molar-refractivity contribution in [3.8, 4) is 0 Å². The fourth-order valence-electron chi connectivity index (χ4n) is 2.34. The van der Waals surface area contributed by atoms with Gasteiger partial charge in [0.15, 0.2) is 0 Å². The van der Waals surface area contributed by atoms with Crippen LogP contribution in [0.4, 0.5) is 0 Å². The number of rotatable bonds is 3. The molecule has 2 nitrogen and oxygen atoms in total. The Balaban J connectivity index is 2.17. The van der Waals surface area contributed by atoms with Gasteiger partial charge in [0, 0.05) is 21.6 Å². The van der Waals surface area contributed by atoms with Crippen LogP contribution in [0, 0.1) is 0 Å². The molecule has 1 aromatic rings. The predicted molar refractivity (Wildman–Crippen MR) is 74.3 cm³/mol. The van der Waals surface area contributed by atoms with Gasteiger partial charge in [-0.1, -0.05) is 33.6 Å². The summed E-state index contributed by atoms with van der Waals surface area (Å²) in [5, 5.41) is 0.711. The quantitative estimate of drug-likeness (QED) is 0.919. The Morgan fingerprint density at radius 1 is 1.59 bits per heavy atom. The van der Waals surface area contributed by atoms with Crippen molar-refractivity contribution in [1.82, 2.24) is 0 Å². The molecule has 1 aliphatic rings. The average Bonchev–Trinajstić information content (AvgIpc) is 2.68. The van der Waals surface area contributed by atoms with Gasteiger partial charge in [-0.05, 0) is 43.9 Å². The minimum Gasteiger partial charge on any atom is -0.378 e. The van der Waals surface area contributed by atoms with Crippen LogP contribution in [-0.2, 0) is 10.3 Å². The Morgan fingerprint density at radius 3 is 2.94 bits per heavy atom. The smallest absolute Gasteiger partial charge is 0.0596 e. The third-order valence-corrected chi connectivity index (χ3v) is 4.03. The average molecular weight is 319 g/mol. The van der Waals surface area contributed by atoms with E-state index >= 15 is 0 Å². The molecule has 0 aromatic heterocycles. The minimum absolute atomic E-state index is 0.268. The van der Waals surface area contributed by atoms with Crippen LogP contribution < -0.4 is 5.73 Å². The molecule has 2 rings (SSSR count). The lowest BCUT2D eigenvalue weighted by molar-refractivity contribution is 0.0856. The van der Waals surface area contributed by atoms with Crippen molar-refractivity contribution in [3.63, 3.8) is 0 Å². The van der Waals surface area contributed by atoms with Gasteiger partial charge >= 0.3 is 0 Å². The van der Waals surface area contributed by atoms with Crippen LogP contribution in [0.3, 0.4) is 0 Å². The van der Waals surface area contributed by atoms with Crippen molar-refractivity contribution in [2.24, 2.45) is 5.73 Å². The summed E-state index contributed by atoms with van der Waals surface area (Å²) >= 11 is 9.65. The Kier molecular flexibility index (Phi) is 4.14. The summed E-state index contributed by atoms with van der Waals surface area (Å²) < 4.78 is 6.61. The van der Waals surface area contributed by atoms with Crippen LogP contribution in [0.1, 0.15) is 31.7 Å². The van der Waals surface area contributed by atoms with E-state index in [-0.39, 0.29) is 6.10 Å². The standard InChI is InChI=1S/C13H17BrClNO/c1-13(16,8-10-3-2-6-17-10)11-5-4-9(14)7-12(11)15/h4-5,7,10H,2-3,6,8,16H2,1H3. The van der Waals surface area contributed by atoms with Crippen molar-refractivity contribution in [3.05, 3.63) is 33.3 Å². The van der Waals surface area contributed by atoms with Gasteiger partial charge in [0.2, 0.25) is 0 Å². The molecule has 1 aliphatic heterocycles. The van der Waals surface area contributed by atoms with Crippen molar-refractivity contribution >= 4 is 27.5 Å². The zero-order chi connectivity index (χ0) is 12.5. The first-order valence-corrected chi connectivity index (χ1v) is 7.02. The summed E-state index contributed by atoms with van der Waals surface area (Å²) in [6, 6.07) is 5.85. The molecule has 0 aliphatic carbocycles. The van der Waals surface area contributed by atoms with Crippen molar-refractivity contribution in [2.75, 3.05) is 6.61 Å². The van der Waals surface area contributed by atoms with E-state index in [4.69, 9.17) is 22.1 Å². The van der Waals surface area contributed by atoms with E-state index in [0.29, 0.717) is 5.02 Å². The second-order valence-electron chi connectivity index (χ2n) is 4.88. The van der Waals surface area contributed by atoms with E-state index in [9.17, 15) is 0 Å². The molecular weight excluding hydrogens is 302 g/mol. The molecule has 1 heterocycles. The first kappa shape index (κ1) is 13.3. The molecule has 2 atom stereocenters. The van der Waals surface area contributed by atoms with E-state index in [1.807, 2.05) is 25.1 Å². The summed E-state index contributed by atoms with van der Waals surface area (Å²) in [5.74, 6) is 0. The fourth-order valence-corrected chi connectivity index (χ4v) is 3.23. The largest absolute Gasteiger partial charge is 0.378 e. The molecule has 0 saturated carbocycles. The highest BCUT2D eigenvalue weighted by Gasteiger charge is 2.29. The summed E-state index contributed by atoms with van der Waals surface area (Å²) in [4.78, 5) is 0. The van der Waals surface area contributed by atoms with Crippen molar-refractivity contribution in [2.45, 2.75) is 37.8 Å². The maximum absolute atomic E-state index is 6.39. The van der Waals surface area contributed by atoms with Gasteiger partial charge in [0.25, 0.3) is 0 Å². The molecular formula is C13H17BrClNO. The van der Waals surface area contributed by atoms with E-state index in [0.717, 1.165) is 35.9 Å². The maximum Gasteiger partial charge on any atom is 0.0596 e. The Bertz CT molecular complexity index is 402. The molecule has 1 aromatic carbocycles. The van der Waals surface area contributed by atoms with Gasteiger partial charge in [-0.3, -0.25) is 0 Å². The SMILES string of the molecule is CC(N)(CC1CCCO1)c1ccc(Br)cc1Cl. The van der Waals surface area contributed by atoms with E-state index < -0.39 is 5.54 Å². The second kappa shape index (κ2) is 5.27. The number of hydrogen-bond donors (Lipinski definition) is 1. The third kappa shape index (κ3) is 3.22. The summed E-state index contributed by atoms with van der Waals surface area (Å²) in [7, 11) is 0. The molecule has 4 heteroatoms. The van der Waals surface area contributed by atoms with E-state index in [2.05, 4.69) is 15.9 Å². The molecule has 1 fully saturated rings. The van der Waals surface area contributed by atoms with E-state index in [1.165, 1.54) is 0 Å². The Labute approximate surface area is 116 Å². The third-order valence-electron chi connectivity index (χ3n) is 3.22. The highest BCUT2D eigenvalue weighted by atomic mass is 79.9. The van der Waals surface area contributed by atoms with Crippen LogP contribution in [-0.4, -0.2) is 12.7 Å². The molecule has 0 bridgehead atoms. The Morgan fingerprint density at radius 2 is 2.35 bits per heavy atom. The van der Waals surface area contributed by atoms with Gasteiger partial charge in [-0.15, -0.1) is 0 Å². The van der Waals surface area contributed by atoms with Crippen LogP contribution in [0.15, 0.2) is 22.7 Å². The highest BCUT2D eigenvalue weighted by Crippen LogP contribution is 2.33. The topological polar surface area (TPSA) is 35.2 Å². The van der Waals surface area contributed by atoms with Crippen LogP contribution in [0.5, 0.6) is 0 Å². The first-order valence-electron chi connectivity index (χ1n) is 5.85. The fraction of sp³-hybridized carbons (Fsp3) is 0.538. The zero-order valence-corrected chi connectivity index (χ0v) is 12.2. The summed E-state index contributed by atoms with van der Waals surface area (Å²) in [5.41, 5.74) is 6.94. The van der Waals surface area contributed by atoms with Gasteiger partial charge in [-0.2, -0.15) is 0 Å². The molecule has 0 radical (unpaired) electrons. The van der Waals surface area contributed by atoms with Gasteiger partial charge in [0.05, 0.1) is 6.10 Å². The van der Waals surface area contributed by atoms with Crippen LogP contribution in [0.25, 0.3) is 0 Å². The highest BCUT2D eigenvalue weighted by molar-refractivity contribution is 9.10. The van der Waals surface area contributed by atoms with Crippen LogP contribution >= 0.6 is 27.5 Å². The second-order valence-corrected chi connectivity index (χ2v) is 6.20. The number of ether oxygens (including phenoxy) is 1. The molecule has 0 spiro atoms. The molecule has 17 heavy (non-hydrogen) atoms. The van der Waals surface area contributed by atoms with Gasteiger partial charge in [0.1, 0.15) is 0 Å². The first-order chi connectivity index (χ1) is 7.99. The molecule has 0 amide bonds. The van der Waals surface area contributed by atoms with Crippen LogP contribution in [0.2, 0.25) is 5.02 Å². The molecule has 2 N–H and O–H groups in total. The lowest BCUT2D eigenvalue weighted by atomic mass is 9.87. The number of halogens is 2. The predicted octanol–water partition coefficient (Wildman–Crippen LogP) is 3.85. The lowest BCUT2D eigenvalue weighted by Crippen LogP contribution is -2.37. The van der Waals surface area contributed by atoms with E-state index in [1.54, 1.807) is 0 Å². The van der Waals surface area contributed by atoms with Crippen molar-refractivity contribution < 1.29 is 4.74 Å². The number of hydrogen-bond acceptors (Lipinski definition) is 2. The molecule has 2 unspecified atom stereocenters. The summed E-state index contributed by atoms with van der Waals surface area (Å²) in [6.45, 7) is 2.87. The Hall–Kier alpha value is -0.0900. The molecule has 1 saturated heterocycles. The van der Waals surface area contributed by atoms with Gasteiger partial charge in [-0.25, -0.2) is 0 Å². The van der Waals surface area contributed by atoms with Crippen molar-refractivity contribution in [1.29, 1.82) is 0 Å². The number of nitrogens with two attached hydrogens (primary N) is 1. The zero-order valence-electron chi connectivity index (χ0n) is 9.88. The molecule has 94 valence electrons. The lowest BCUT2D eigenvalue weighted by Gasteiger charge is -2.29. The summed E-state index contributed by atoms with van der Waals surface area (Å²) in [6.07, 6.45) is 3.31. The maximum atomic E-state index is 6.39. The van der Waals surface area contributed by atoms with Gasteiger partial charge < -0.3 is 10.5 Å². The number of benzene rings is 1. The monoisotopic (exact) mass is 317 g/mol. The normalized spacial score (nSPS) is 23.6. The minimum atomic E-state index is -0.438.